The van der Waals surface area contributed by atoms with E-state index in [-0.39, 0.29) is 11.7 Å². The normalized spacial score (nSPS) is 10.9. The van der Waals surface area contributed by atoms with Gasteiger partial charge in [-0.15, -0.1) is 21.5 Å². The van der Waals surface area contributed by atoms with E-state index in [0.29, 0.717) is 18.2 Å². The second kappa shape index (κ2) is 9.12. The number of carbonyl (C=O) groups excluding carboxylic acids is 1. The van der Waals surface area contributed by atoms with Crippen LogP contribution in [0.4, 0.5) is 0 Å². The van der Waals surface area contributed by atoms with Crippen molar-refractivity contribution in [1.29, 1.82) is 0 Å². The highest BCUT2D eigenvalue weighted by molar-refractivity contribution is 8.00. The van der Waals surface area contributed by atoms with Crippen molar-refractivity contribution in [3.05, 3.63) is 29.3 Å². The van der Waals surface area contributed by atoms with Gasteiger partial charge in [-0.3, -0.25) is 4.79 Å². The number of aromatic nitrogens is 3. The molecule has 0 fully saturated rings. The van der Waals surface area contributed by atoms with Crippen LogP contribution in [0.15, 0.2) is 29.3 Å². The summed E-state index contributed by atoms with van der Waals surface area (Å²) in [7, 11) is 3.23. The van der Waals surface area contributed by atoms with Crippen LogP contribution in [-0.2, 0) is 9.53 Å². The number of benzene rings is 1. The lowest BCUT2D eigenvalue weighted by atomic mass is 10.1. The van der Waals surface area contributed by atoms with E-state index in [1.165, 1.54) is 11.8 Å². The fourth-order valence-electron chi connectivity index (χ4n) is 2.45. The first-order valence-corrected chi connectivity index (χ1v) is 10.1. The van der Waals surface area contributed by atoms with Crippen LogP contribution in [-0.4, -0.2) is 54.2 Å². The van der Waals surface area contributed by atoms with E-state index < -0.39 is 0 Å². The standard InChI is InChI=1S/C18H20N4O3S2/c1-11-20-16-17(27-11)15(12-5-4-6-13(9-12)25-3)21-22-18(16)26-10-14(23)19-7-8-24-2/h4-6,9H,7-8,10H2,1-3H3,(H,19,23). The summed E-state index contributed by atoms with van der Waals surface area (Å²) in [6.07, 6.45) is 0. The zero-order valence-electron chi connectivity index (χ0n) is 15.3. The number of hydrogen-bond acceptors (Lipinski definition) is 8. The molecule has 0 aliphatic heterocycles. The zero-order valence-corrected chi connectivity index (χ0v) is 16.9. The van der Waals surface area contributed by atoms with Gasteiger partial charge in [0.05, 0.1) is 29.2 Å². The van der Waals surface area contributed by atoms with Gasteiger partial charge < -0.3 is 14.8 Å². The second-order valence-corrected chi connectivity index (χ2v) is 7.80. The highest BCUT2D eigenvalue weighted by Gasteiger charge is 2.17. The van der Waals surface area contributed by atoms with Crippen molar-refractivity contribution in [2.24, 2.45) is 0 Å². The molecule has 142 valence electrons. The molecule has 0 bridgehead atoms. The average molecular weight is 405 g/mol. The third-order valence-electron chi connectivity index (χ3n) is 3.70. The summed E-state index contributed by atoms with van der Waals surface area (Å²) in [6, 6.07) is 7.70. The molecule has 0 saturated heterocycles. The topological polar surface area (TPSA) is 86.2 Å². The molecule has 9 heteroatoms. The third kappa shape index (κ3) is 4.74. The van der Waals surface area contributed by atoms with Gasteiger partial charge in [-0.1, -0.05) is 23.9 Å². The van der Waals surface area contributed by atoms with Crippen molar-refractivity contribution in [2.75, 3.05) is 33.1 Å². The van der Waals surface area contributed by atoms with E-state index in [1.54, 1.807) is 25.6 Å². The summed E-state index contributed by atoms with van der Waals surface area (Å²) in [5, 5.41) is 13.1. The van der Waals surface area contributed by atoms with Crippen LogP contribution in [0.2, 0.25) is 0 Å². The van der Waals surface area contributed by atoms with E-state index in [9.17, 15) is 4.79 Å². The van der Waals surface area contributed by atoms with Gasteiger partial charge in [0.2, 0.25) is 5.91 Å². The maximum absolute atomic E-state index is 11.9. The number of aryl methyl sites for hydroxylation is 1. The average Bonchev–Trinajstić information content (AvgIpc) is 3.07. The van der Waals surface area contributed by atoms with Crippen LogP contribution in [0, 0.1) is 6.92 Å². The van der Waals surface area contributed by atoms with Gasteiger partial charge in [0, 0.05) is 19.2 Å². The molecule has 1 aromatic carbocycles. The lowest BCUT2D eigenvalue weighted by Crippen LogP contribution is -2.28. The minimum atomic E-state index is -0.0733. The molecule has 3 rings (SSSR count). The molecular weight excluding hydrogens is 384 g/mol. The monoisotopic (exact) mass is 404 g/mol. The van der Waals surface area contributed by atoms with E-state index >= 15 is 0 Å². The molecule has 0 saturated carbocycles. The molecule has 1 N–H and O–H groups in total. The minimum Gasteiger partial charge on any atom is -0.497 e. The summed E-state index contributed by atoms with van der Waals surface area (Å²) in [5.41, 5.74) is 2.47. The van der Waals surface area contributed by atoms with Gasteiger partial charge in [-0.2, -0.15) is 0 Å². The Morgan fingerprint density at radius 3 is 2.93 bits per heavy atom. The summed E-state index contributed by atoms with van der Waals surface area (Å²) in [4.78, 5) is 16.5. The van der Waals surface area contributed by atoms with Crippen LogP contribution >= 0.6 is 23.1 Å². The van der Waals surface area contributed by atoms with E-state index in [1.807, 2.05) is 31.2 Å². The van der Waals surface area contributed by atoms with Crippen molar-refractivity contribution in [3.63, 3.8) is 0 Å². The molecule has 0 atom stereocenters. The first kappa shape index (κ1) is 19.5. The van der Waals surface area contributed by atoms with Gasteiger partial charge in [0.25, 0.3) is 0 Å². The van der Waals surface area contributed by atoms with Crippen molar-refractivity contribution in [3.8, 4) is 17.0 Å². The largest absolute Gasteiger partial charge is 0.497 e. The Morgan fingerprint density at radius 2 is 2.15 bits per heavy atom. The predicted molar refractivity (Wildman–Crippen MR) is 108 cm³/mol. The van der Waals surface area contributed by atoms with Gasteiger partial charge >= 0.3 is 0 Å². The number of amides is 1. The van der Waals surface area contributed by atoms with E-state index in [4.69, 9.17) is 9.47 Å². The number of hydrogen-bond donors (Lipinski definition) is 1. The van der Waals surface area contributed by atoms with E-state index in [2.05, 4.69) is 20.5 Å². The molecule has 0 unspecified atom stereocenters. The summed E-state index contributed by atoms with van der Waals surface area (Å²) >= 11 is 2.90. The fourth-order valence-corrected chi connectivity index (χ4v) is 4.20. The Bertz CT molecular complexity index is 946. The summed E-state index contributed by atoms with van der Waals surface area (Å²) in [6.45, 7) is 2.93. The molecule has 0 spiro atoms. The van der Waals surface area contributed by atoms with Crippen LogP contribution in [0.3, 0.4) is 0 Å². The van der Waals surface area contributed by atoms with Crippen molar-refractivity contribution >= 4 is 39.2 Å². The van der Waals surface area contributed by atoms with Crippen molar-refractivity contribution in [2.45, 2.75) is 11.9 Å². The molecule has 0 aliphatic rings. The SMILES string of the molecule is COCCNC(=O)CSc1nnc(-c2cccc(OC)c2)c2sc(C)nc12. The van der Waals surface area contributed by atoms with Crippen LogP contribution in [0.25, 0.3) is 21.5 Å². The number of carbonyl (C=O) groups is 1. The number of rotatable bonds is 8. The lowest BCUT2D eigenvalue weighted by molar-refractivity contribution is -0.118. The molecule has 1 amide bonds. The molecule has 0 aliphatic carbocycles. The smallest absolute Gasteiger partial charge is 0.230 e. The molecule has 2 heterocycles. The van der Waals surface area contributed by atoms with Crippen molar-refractivity contribution < 1.29 is 14.3 Å². The fraction of sp³-hybridized carbons (Fsp3) is 0.333. The summed E-state index contributed by atoms with van der Waals surface area (Å²) < 4.78 is 11.2. The maximum atomic E-state index is 11.9. The first-order chi connectivity index (χ1) is 13.1. The Hall–Kier alpha value is -2.23. The predicted octanol–water partition coefficient (Wildman–Crippen LogP) is 2.93. The zero-order chi connectivity index (χ0) is 19.2. The number of thiazole rings is 1. The number of nitrogens with zero attached hydrogens (tertiary/aromatic N) is 3. The molecule has 2 aromatic heterocycles. The van der Waals surface area contributed by atoms with Crippen LogP contribution in [0.1, 0.15) is 5.01 Å². The lowest BCUT2D eigenvalue weighted by Gasteiger charge is -2.07. The van der Waals surface area contributed by atoms with Crippen molar-refractivity contribution in [1.82, 2.24) is 20.5 Å². The highest BCUT2D eigenvalue weighted by Crippen LogP contribution is 2.36. The minimum absolute atomic E-state index is 0.0733. The second-order valence-electron chi connectivity index (χ2n) is 5.63. The highest BCUT2D eigenvalue weighted by atomic mass is 32.2. The number of fused-ring (bicyclic) bond motifs is 1. The Kier molecular flexibility index (Phi) is 6.59. The van der Waals surface area contributed by atoms with Crippen LogP contribution in [0.5, 0.6) is 5.75 Å². The summed E-state index contributed by atoms with van der Waals surface area (Å²) in [5.74, 6) is 0.938. The first-order valence-electron chi connectivity index (χ1n) is 8.29. The number of methoxy groups -OCH3 is 2. The molecule has 27 heavy (non-hydrogen) atoms. The molecule has 0 radical (unpaired) electrons. The van der Waals surface area contributed by atoms with Gasteiger partial charge in [0.15, 0.2) is 0 Å². The number of ether oxygens (including phenoxy) is 2. The molecular formula is C18H20N4O3S2. The maximum Gasteiger partial charge on any atom is 0.230 e. The van der Waals surface area contributed by atoms with Crippen LogP contribution < -0.4 is 10.1 Å². The molecule has 3 aromatic rings. The number of thioether (sulfide) groups is 1. The van der Waals surface area contributed by atoms with Gasteiger partial charge in [-0.25, -0.2) is 4.98 Å². The van der Waals surface area contributed by atoms with E-state index in [0.717, 1.165) is 32.2 Å². The quantitative estimate of drug-likeness (QED) is 0.456. The van der Waals surface area contributed by atoms with Gasteiger partial charge in [0.1, 0.15) is 22.0 Å². The Morgan fingerprint density at radius 1 is 1.30 bits per heavy atom. The Balaban J connectivity index is 1.86. The number of nitrogens with one attached hydrogen (secondary N) is 1. The molecule has 7 nitrogen and oxygen atoms in total. The third-order valence-corrected chi connectivity index (χ3v) is 5.64. The van der Waals surface area contributed by atoms with Gasteiger partial charge in [-0.05, 0) is 19.1 Å². The Labute approximate surface area is 165 Å².